The first-order chi connectivity index (χ1) is 16.8. The summed E-state index contributed by atoms with van der Waals surface area (Å²) in [4.78, 5) is 33.0. The zero-order valence-corrected chi connectivity index (χ0v) is 20.9. The number of aromatic nitrogens is 3. The van der Waals surface area contributed by atoms with Crippen LogP contribution in [-0.4, -0.2) is 39.6 Å². The van der Waals surface area contributed by atoms with Crippen molar-refractivity contribution in [3.8, 4) is 0 Å². The molecule has 3 N–H and O–H groups in total. The van der Waals surface area contributed by atoms with Gasteiger partial charge in [-0.25, -0.2) is 9.78 Å². The molecule has 8 nitrogen and oxygen atoms in total. The van der Waals surface area contributed by atoms with E-state index in [0.717, 1.165) is 28.6 Å². The van der Waals surface area contributed by atoms with Crippen LogP contribution in [0.1, 0.15) is 50.2 Å². The second-order valence-electron chi connectivity index (χ2n) is 9.43. The number of hydrogen-bond donors (Lipinski definition) is 3. The van der Waals surface area contributed by atoms with Gasteiger partial charge in [-0.3, -0.25) is 4.79 Å². The molecular weight excluding hydrogens is 442 g/mol. The first kappa shape index (κ1) is 24.3. The molecule has 0 aliphatic rings. The number of amides is 1. The summed E-state index contributed by atoms with van der Waals surface area (Å²) in [5, 5.41) is 8.18. The Bertz CT molecular complexity index is 1370. The SMILES string of the molecule is COC(=O)c1c(NC(C)=O)c2cc(N[C@H](C)CC(C)C)cnc2n1CCc1c[nH]c2ccccc12. The lowest BCUT2D eigenvalue weighted by Crippen LogP contribution is -2.17. The number of methoxy groups -OCH3 is 1. The number of fused-ring (bicyclic) bond motifs is 2. The Morgan fingerprint density at radius 3 is 2.66 bits per heavy atom. The van der Waals surface area contributed by atoms with Crippen LogP contribution in [0.15, 0.2) is 42.7 Å². The van der Waals surface area contributed by atoms with Crippen molar-refractivity contribution in [2.24, 2.45) is 5.92 Å². The van der Waals surface area contributed by atoms with E-state index in [2.05, 4.69) is 42.5 Å². The fourth-order valence-corrected chi connectivity index (χ4v) is 4.75. The summed E-state index contributed by atoms with van der Waals surface area (Å²) in [6, 6.07) is 10.3. The Kier molecular flexibility index (Phi) is 7.10. The molecule has 0 spiro atoms. The predicted octanol–water partition coefficient (Wildman–Crippen LogP) is 5.35. The van der Waals surface area contributed by atoms with E-state index in [0.29, 0.717) is 35.6 Å². The van der Waals surface area contributed by atoms with E-state index in [1.807, 2.05) is 35.0 Å². The number of benzene rings is 1. The lowest BCUT2D eigenvalue weighted by Gasteiger charge is -2.17. The standard InChI is InChI=1S/C27H33N5O3/c1-16(2)12-17(3)30-20-13-22-24(31-18(4)33)25(27(34)35-5)32(26(22)29-15-20)11-10-19-14-28-23-9-7-6-8-21(19)23/h6-9,13-17,28,30H,10-12H2,1-5H3,(H,31,33)/t17-/m1/s1. The van der Waals surface area contributed by atoms with E-state index in [9.17, 15) is 9.59 Å². The summed E-state index contributed by atoms with van der Waals surface area (Å²) in [6.45, 7) is 8.42. The van der Waals surface area contributed by atoms with Crippen molar-refractivity contribution in [2.45, 2.75) is 53.1 Å². The van der Waals surface area contributed by atoms with E-state index in [4.69, 9.17) is 9.72 Å². The van der Waals surface area contributed by atoms with E-state index >= 15 is 0 Å². The van der Waals surface area contributed by atoms with Gasteiger partial charge in [-0.2, -0.15) is 0 Å². The summed E-state index contributed by atoms with van der Waals surface area (Å²) < 4.78 is 6.96. The van der Waals surface area contributed by atoms with Crippen LogP contribution in [0.5, 0.6) is 0 Å². The molecule has 0 radical (unpaired) electrons. The monoisotopic (exact) mass is 475 g/mol. The van der Waals surface area contributed by atoms with Crippen LogP contribution in [0.4, 0.5) is 11.4 Å². The highest BCUT2D eigenvalue weighted by Crippen LogP contribution is 2.33. The van der Waals surface area contributed by atoms with Crippen LogP contribution in [0.2, 0.25) is 0 Å². The minimum Gasteiger partial charge on any atom is -0.464 e. The number of esters is 1. The van der Waals surface area contributed by atoms with Gasteiger partial charge in [-0.1, -0.05) is 32.0 Å². The Balaban J connectivity index is 1.78. The van der Waals surface area contributed by atoms with Gasteiger partial charge in [0.2, 0.25) is 5.91 Å². The number of aromatic amines is 1. The number of rotatable bonds is 9. The van der Waals surface area contributed by atoms with Crippen molar-refractivity contribution < 1.29 is 14.3 Å². The molecule has 0 aliphatic heterocycles. The van der Waals surface area contributed by atoms with Crippen LogP contribution in [0.25, 0.3) is 21.9 Å². The fraction of sp³-hybridized carbons (Fsp3) is 0.370. The second kappa shape index (κ2) is 10.2. The highest BCUT2D eigenvalue weighted by molar-refractivity contribution is 6.11. The molecule has 8 heteroatoms. The molecular formula is C27H33N5O3. The molecule has 0 bridgehead atoms. The minimum atomic E-state index is -0.520. The van der Waals surface area contributed by atoms with E-state index in [1.54, 1.807) is 6.20 Å². The summed E-state index contributed by atoms with van der Waals surface area (Å²) in [7, 11) is 1.34. The summed E-state index contributed by atoms with van der Waals surface area (Å²) in [5.74, 6) is -0.230. The van der Waals surface area contributed by atoms with Crippen molar-refractivity contribution in [2.75, 3.05) is 17.7 Å². The van der Waals surface area contributed by atoms with Crippen LogP contribution in [0.3, 0.4) is 0 Å². The van der Waals surface area contributed by atoms with Crippen LogP contribution in [0, 0.1) is 5.92 Å². The molecule has 0 unspecified atom stereocenters. The summed E-state index contributed by atoms with van der Waals surface area (Å²) in [5.41, 5.74) is 4.37. The zero-order valence-electron chi connectivity index (χ0n) is 20.9. The normalized spacial score (nSPS) is 12.3. The average Bonchev–Trinajstić information content (AvgIpc) is 3.35. The number of para-hydroxylation sites is 1. The van der Waals surface area contributed by atoms with E-state index in [1.165, 1.54) is 14.0 Å². The van der Waals surface area contributed by atoms with Gasteiger partial charge in [0.1, 0.15) is 5.65 Å². The van der Waals surface area contributed by atoms with Crippen molar-refractivity contribution in [3.63, 3.8) is 0 Å². The third-order valence-corrected chi connectivity index (χ3v) is 6.10. The van der Waals surface area contributed by atoms with Crippen molar-refractivity contribution in [1.29, 1.82) is 0 Å². The fourth-order valence-electron chi connectivity index (χ4n) is 4.75. The minimum absolute atomic E-state index is 0.252. The molecule has 0 saturated carbocycles. The van der Waals surface area contributed by atoms with Crippen LogP contribution < -0.4 is 10.6 Å². The number of hydrogen-bond acceptors (Lipinski definition) is 5. The van der Waals surface area contributed by atoms with Gasteiger partial charge in [0.15, 0.2) is 5.69 Å². The maximum Gasteiger partial charge on any atom is 0.356 e. The van der Waals surface area contributed by atoms with Crippen LogP contribution >= 0.6 is 0 Å². The van der Waals surface area contributed by atoms with Gasteiger partial charge in [0, 0.05) is 42.0 Å². The third kappa shape index (κ3) is 5.16. The number of anilines is 2. The highest BCUT2D eigenvalue weighted by atomic mass is 16.5. The van der Waals surface area contributed by atoms with Crippen molar-refractivity contribution in [3.05, 3.63) is 54.0 Å². The molecule has 1 amide bonds. The summed E-state index contributed by atoms with van der Waals surface area (Å²) >= 11 is 0. The number of pyridine rings is 1. The molecule has 184 valence electrons. The number of carbonyl (C=O) groups is 2. The molecule has 3 heterocycles. The number of ether oxygens (including phenoxy) is 1. The topological polar surface area (TPSA) is 101 Å². The number of nitrogens with zero attached hydrogens (tertiary/aromatic N) is 2. The van der Waals surface area contributed by atoms with E-state index < -0.39 is 5.97 Å². The third-order valence-electron chi connectivity index (χ3n) is 6.10. The summed E-state index contributed by atoms with van der Waals surface area (Å²) in [6.07, 6.45) is 5.45. The van der Waals surface area contributed by atoms with Crippen molar-refractivity contribution in [1.82, 2.24) is 14.5 Å². The second-order valence-corrected chi connectivity index (χ2v) is 9.43. The van der Waals surface area contributed by atoms with Gasteiger partial charge < -0.3 is 24.9 Å². The Hall–Kier alpha value is -3.81. The molecule has 1 aromatic carbocycles. The van der Waals surface area contributed by atoms with E-state index in [-0.39, 0.29) is 17.6 Å². The Labute approximate surface area is 205 Å². The average molecular weight is 476 g/mol. The number of H-pyrrole nitrogens is 1. The molecule has 35 heavy (non-hydrogen) atoms. The molecule has 0 saturated heterocycles. The maximum absolute atomic E-state index is 12.9. The Morgan fingerprint density at radius 1 is 1.17 bits per heavy atom. The molecule has 1 atom stereocenters. The quantitative estimate of drug-likeness (QED) is 0.283. The first-order valence-electron chi connectivity index (χ1n) is 12.0. The predicted molar refractivity (Wildman–Crippen MR) is 140 cm³/mol. The van der Waals surface area contributed by atoms with Gasteiger partial charge in [0.25, 0.3) is 0 Å². The smallest absolute Gasteiger partial charge is 0.356 e. The highest BCUT2D eigenvalue weighted by Gasteiger charge is 2.26. The van der Waals surface area contributed by atoms with Crippen LogP contribution in [-0.2, 0) is 22.5 Å². The first-order valence-corrected chi connectivity index (χ1v) is 12.0. The largest absolute Gasteiger partial charge is 0.464 e. The van der Waals surface area contributed by atoms with Gasteiger partial charge >= 0.3 is 5.97 Å². The van der Waals surface area contributed by atoms with Gasteiger partial charge in [-0.15, -0.1) is 0 Å². The molecule has 0 fully saturated rings. The number of carbonyl (C=O) groups excluding carboxylic acids is 2. The Morgan fingerprint density at radius 2 is 1.94 bits per heavy atom. The van der Waals surface area contributed by atoms with Gasteiger partial charge in [0.05, 0.1) is 24.7 Å². The molecule has 3 aromatic heterocycles. The van der Waals surface area contributed by atoms with Crippen molar-refractivity contribution >= 4 is 45.2 Å². The maximum atomic E-state index is 12.9. The molecule has 4 aromatic rings. The number of aryl methyl sites for hydroxylation is 2. The van der Waals surface area contributed by atoms with Gasteiger partial charge in [-0.05, 0) is 43.4 Å². The lowest BCUT2D eigenvalue weighted by atomic mass is 10.1. The molecule has 0 aliphatic carbocycles. The lowest BCUT2D eigenvalue weighted by molar-refractivity contribution is -0.114. The number of nitrogens with one attached hydrogen (secondary N) is 3. The zero-order chi connectivity index (χ0) is 25.1. The molecule has 4 rings (SSSR count).